The zero-order valence-corrected chi connectivity index (χ0v) is 14.7. The summed E-state index contributed by atoms with van der Waals surface area (Å²) in [6.07, 6.45) is 3.61. The summed E-state index contributed by atoms with van der Waals surface area (Å²) >= 11 is 5.98. The van der Waals surface area contributed by atoms with E-state index in [0.29, 0.717) is 5.56 Å². The maximum Gasteiger partial charge on any atom is 0.307 e. The van der Waals surface area contributed by atoms with Gasteiger partial charge in [0.15, 0.2) is 0 Å². The van der Waals surface area contributed by atoms with Crippen molar-refractivity contribution >= 4 is 29.1 Å². The van der Waals surface area contributed by atoms with Gasteiger partial charge in [-0.2, -0.15) is 5.10 Å². The number of nitro groups is 1. The van der Waals surface area contributed by atoms with Crippen molar-refractivity contribution in [1.82, 2.24) is 24.5 Å². The Kier molecular flexibility index (Phi) is 5.12. The maximum atomic E-state index is 13.1. The number of aromatic nitrogens is 5. The lowest BCUT2D eigenvalue weighted by Crippen LogP contribution is -2.24. The van der Waals surface area contributed by atoms with Crippen LogP contribution in [0.1, 0.15) is 18.5 Å². The topological polar surface area (TPSA) is 121 Å². The minimum absolute atomic E-state index is 0.0479. The lowest BCUT2D eigenvalue weighted by atomic mass is 10.2. The van der Waals surface area contributed by atoms with Crippen molar-refractivity contribution in [2.45, 2.75) is 19.5 Å². The number of nitrogens with zero attached hydrogens (tertiary/aromatic N) is 6. The molecule has 2 aromatic heterocycles. The molecule has 1 aromatic carbocycles. The summed E-state index contributed by atoms with van der Waals surface area (Å²) in [4.78, 5) is 26.3. The molecule has 1 atom stereocenters. The van der Waals surface area contributed by atoms with Crippen molar-refractivity contribution in [3.63, 3.8) is 0 Å². The second-order valence-electron chi connectivity index (χ2n) is 5.60. The molecule has 1 N–H and O–H groups in total. The van der Waals surface area contributed by atoms with Crippen LogP contribution in [0.25, 0.3) is 0 Å². The van der Waals surface area contributed by atoms with Gasteiger partial charge in [0.1, 0.15) is 30.6 Å². The number of hydrogen-bond acceptors (Lipinski definition) is 6. The molecular weight excluding hydrogens is 381 g/mol. The molecule has 10 nitrogen and oxygen atoms in total. The van der Waals surface area contributed by atoms with Crippen LogP contribution in [0.4, 0.5) is 16.0 Å². The molecule has 0 saturated carbocycles. The summed E-state index contributed by atoms with van der Waals surface area (Å²) in [5.74, 6) is -0.888. The fourth-order valence-electron chi connectivity index (χ4n) is 2.22. The monoisotopic (exact) mass is 393 g/mol. The highest BCUT2D eigenvalue weighted by atomic mass is 35.5. The van der Waals surface area contributed by atoms with Gasteiger partial charge in [-0.1, -0.05) is 17.7 Å². The number of rotatable bonds is 6. The van der Waals surface area contributed by atoms with Crippen LogP contribution >= 0.6 is 11.6 Å². The fraction of sp³-hybridized carbons (Fsp3) is 0.200. The number of nitrogens with one attached hydrogen (secondary N) is 1. The lowest BCUT2D eigenvalue weighted by Gasteiger charge is -2.10. The van der Waals surface area contributed by atoms with E-state index in [1.165, 1.54) is 40.8 Å². The predicted octanol–water partition coefficient (Wildman–Crippen LogP) is 2.42. The van der Waals surface area contributed by atoms with E-state index in [2.05, 4.69) is 20.5 Å². The molecule has 0 radical (unpaired) electrons. The molecule has 0 aliphatic carbocycles. The van der Waals surface area contributed by atoms with E-state index in [1.54, 1.807) is 0 Å². The molecule has 2 heterocycles. The van der Waals surface area contributed by atoms with Gasteiger partial charge in [-0.3, -0.25) is 24.9 Å². The average Bonchev–Trinajstić information content (AvgIpc) is 3.26. The van der Waals surface area contributed by atoms with Crippen LogP contribution < -0.4 is 5.32 Å². The molecule has 1 amide bonds. The normalized spacial score (nSPS) is 12.0. The Balaban J connectivity index is 1.65. The van der Waals surface area contributed by atoms with Crippen LogP contribution in [0.3, 0.4) is 0 Å². The quantitative estimate of drug-likeness (QED) is 0.507. The number of hydrogen-bond donors (Lipinski definition) is 1. The molecule has 0 saturated heterocycles. The molecule has 12 heteroatoms. The van der Waals surface area contributed by atoms with Crippen LogP contribution in [0.15, 0.2) is 36.9 Å². The molecule has 0 aliphatic heterocycles. The van der Waals surface area contributed by atoms with Crippen LogP contribution in [-0.2, 0) is 11.3 Å². The van der Waals surface area contributed by atoms with Crippen molar-refractivity contribution in [3.05, 3.63) is 63.4 Å². The summed E-state index contributed by atoms with van der Waals surface area (Å²) in [7, 11) is 0. The molecule has 0 spiro atoms. The first-order valence-corrected chi connectivity index (χ1v) is 8.04. The third-order valence-electron chi connectivity index (χ3n) is 3.69. The molecule has 0 bridgehead atoms. The van der Waals surface area contributed by atoms with Gasteiger partial charge in [0.25, 0.3) is 5.91 Å². The summed E-state index contributed by atoms with van der Waals surface area (Å²) in [6, 6.07) is 3.20. The number of carbonyl (C=O) groups is 1. The maximum absolute atomic E-state index is 13.1. The van der Waals surface area contributed by atoms with Crippen LogP contribution in [0, 0.1) is 15.9 Å². The molecule has 0 fully saturated rings. The molecule has 3 rings (SSSR count). The Morgan fingerprint density at radius 1 is 1.48 bits per heavy atom. The average molecular weight is 394 g/mol. The largest absolute Gasteiger partial charge is 0.307 e. The first-order valence-electron chi connectivity index (χ1n) is 7.66. The van der Waals surface area contributed by atoms with E-state index >= 15 is 0 Å². The number of halogens is 2. The standard InChI is InChI=1S/C15H13ClFN7O3/c1-9(23-7-12(5-19-23)24(26)27)14(25)20-15-18-8-22(21-15)6-10-2-3-11(17)4-13(10)16/h2-5,7-9H,6H2,1H3,(H,20,21,25). The van der Waals surface area contributed by atoms with E-state index in [-0.39, 0.29) is 23.2 Å². The van der Waals surface area contributed by atoms with Crippen LogP contribution in [-0.4, -0.2) is 35.4 Å². The number of amides is 1. The molecule has 27 heavy (non-hydrogen) atoms. The highest BCUT2D eigenvalue weighted by Gasteiger charge is 2.20. The lowest BCUT2D eigenvalue weighted by molar-refractivity contribution is -0.385. The van der Waals surface area contributed by atoms with Gasteiger partial charge in [-0.05, 0) is 24.6 Å². The third-order valence-corrected chi connectivity index (χ3v) is 4.05. The van der Waals surface area contributed by atoms with Gasteiger partial charge in [-0.25, -0.2) is 14.1 Å². The SMILES string of the molecule is CC(C(=O)Nc1ncn(Cc2ccc(F)cc2Cl)n1)n1cc([N+](=O)[O-])cn1. The minimum atomic E-state index is -0.808. The number of benzene rings is 1. The van der Waals surface area contributed by atoms with Crippen LogP contribution in [0.2, 0.25) is 5.02 Å². The fourth-order valence-corrected chi connectivity index (χ4v) is 2.45. The van der Waals surface area contributed by atoms with Gasteiger partial charge in [-0.15, -0.1) is 5.10 Å². The summed E-state index contributed by atoms with van der Waals surface area (Å²) in [5.41, 5.74) is 0.422. The molecule has 140 valence electrons. The summed E-state index contributed by atoms with van der Waals surface area (Å²) < 4.78 is 15.7. The first-order chi connectivity index (χ1) is 12.8. The van der Waals surface area contributed by atoms with Gasteiger partial charge >= 0.3 is 5.69 Å². The van der Waals surface area contributed by atoms with E-state index in [4.69, 9.17) is 11.6 Å². The van der Waals surface area contributed by atoms with E-state index in [9.17, 15) is 19.3 Å². The smallest absolute Gasteiger partial charge is 0.291 e. The number of carbonyl (C=O) groups excluding carboxylic acids is 1. The van der Waals surface area contributed by atoms with Crippen molar-refractivity contribution in [2.24, 2.45) is 0 Å². The number of anilines is 1. The highest BCUT2D eigenvalue weighted by Crippen LogP contribution is 2.18. The van der Waals surface area contributed by atoms with Crippen molar-refractivity contribution in [1.29, 1.82) is 0 Å². The van der Waals surface area contributed by atoms with E-state index in [0.717, 1.165) is 12.4 Å². The Morgan fingerprint density at radius 3 is 2.93 bits per heavy atom. The molecule has 1 unspecified atom stereocenters. The Hall–Kier alpha value is -3.34. The Bertz CT molecular complexity index is 1000. The Morgan fingerprint density at radius 2 is 2.26 bits per heavy atom. The van der Waals surface area contributed by atoms with Gasteiger partial charge < -0.3 is 0 Å². The molecular formula is C15H13ClFN7O3. The second-order valence-corrected chi connectivity index (χ2v) is 6.01. The molecule has 0 aliphatic rings. The Labute approximate surface area is 156 Å². The van der Waals surface area contributed by atoms with Crippen molar-refractivity contribution in [3.8, 4) is 0 Å². The van der Waals surface area contributed by atoms with E-state index < -0.39 is 22.7 Å². The first kappa shape index (κ1) is 18.5. The summed E-state index contributed by atoms with van der Waals surface area (Å²) in [5, 5.41) is 21.4. The molecule has 3 aromatic rings. The van der Waals surface area contributed by atoms with Gasteiger partial charge in [0, 0.05) is 5.02 Å². The zero-order valence-electron chi connectivity index (χ0n) is 13.9. The van der Waals surface area contributed by atoms with Gasteiger partial charge in [0.05, 0.1) is 11.5 Å². The van der Waals surface area contributed by atoms with Crippen molar-refractivity contribution < 1.29 is 14.1 Å². The highest BCUT2D eigenvalue weighted by molar-refractivity contribution is 6.31. The summed E-state index contributed by atoms with van der Waals surface area (Å²) in [6.45, 7) is 1.77. The van der Waals surface area contributed by atoms with Crippen LogP contribution in [0.5, 0.6) is 0 Å². The van der Waals surface area contributed by atoms with E-state index in [1.807, 2.05) is 0 Å². The minimum Gasteiger partial charge on any atom is -0.291 e. The second kappa shape index (κ2) is 7.50. The van der Waals surface area contributed by atoms with Crippen molar-refractivity contribution in [2.75, 3.05) is 5.32 Å². The van der Waals surface area contributed by atoms with Gasteiger partial charge in [0.2, 0.25) is 5.95 Å². The third kappa shape index (κ3) is 4.26. The predicted molar refractivity (Wildman–Crippen MR) is 92.8 cm³/mol. The zero-order chi connectivity index (χ0) is 19.6.